The van der Waals surface area contributed by atoms with Gasteiger partial charge in [0.1, 0.15) is 16.0 Å². The SMILES string of the molecule is COc1cc([N+](=O)[O-])ccc1NC(=O)C1CCCCN1S(=O)(=O)c1ccc(Cl)s1. The standard InChI is InChI=1S/C17H18ClN3O6S2/c1-27-14-10-11(21(23)24)5-6-12(14)19-17(22)13-4-2-3-9-20(13)29(25,26)16-8-7-15(18)28-16/h5-8,10,13H,2-4,9H2,1H3,(H,19,22). The summed E-state index contributed by atoms with van der Waals surface area (Å²) >= 11 is 6.81. The third-order valence-electron chi connectivity index (χ3n) is 4.52. The van der Waals surface area contributed by atoms with Crippen molar-refractivity contribution in [2.24, 2.45) is 0 Å². The second-order valence-electron chi connectivity index (χ2n) is 6.32. The van der Waals surface area contributed by atoms with Gasteiger partial charge in [-0.05, 0) is 31.0 Å². The van der Waals surface area contributed by atoms with E-state index in [-0.39, 0.29) is 27.9 Å². The molecule has 2 aromatic rings. The number of nitro groups is 1. The van der Waals surface area contributed by atoms with Crippen LogP contribution >= 0.6 is 22.9 Å². The van der Waals surface area contributed by atoms with E-state index in [1.165, 1.54) is 41.7 Å². The quantitative estimate of drug-likeness (QED) is 0.521. The number of anilines is 1. The number of ether oxygens (including phenoxy) is 1. The predicted octanol–water partition coefficient (Wildman–Crippen LogP) is 3.50. The lowest BCUT2D eigenvalue weighted by Gasteiger charge is -2.33. The molecular formula is C17H18ClN3O6S2. The van der Waals surface area contributed by atoms with Gasteiger partial charge < -0.3 is 10.1 Å². The van der Waals surface area contributed by atoms with Gasteiger partial charge in [0.15, 0.2) is 0 Å². The number of sulfonamides is 1. The molecule has 0 bridgehead atoms. The van der Waals surface area contributed by atoms with Gasteiger partial charge in [-0.3, -0.25) is 14.9 Å². The first-order chi connectivity index (χ1) is 13.7. The van der Waals surface area contributed by atoms with Gasteiger partial charge in [-0.25, -0.2) is 8.42 Å². The highest BCUT2D eigenvalue weighted by Crippen LogP contribution is 2.33. The van der Waals surface area contributed by atoms with Gasteiger partial charge in [0.25, 0.3) is 15.7 Å². The number of non-ortho nitro benzene ring substituents is 1. The van der Waals surface area contributed by atoms with Gasteiger partial charge >= 0.3 is 0 Å². The second-order valence-corrected chi connectivity index (χ2v) is 10.1. The molecule has 0 spiro atoms. The molecule has 1 N–H and O–H groups in total. The van der Waals surface area contributed by atoms with E-state index < -0.39 is 26.9 Å². The van der Waals surface area contributed by atoms with E-state index in [0.29, 0.717) is 23.6 Å². The molecule has 1 fully saturated rings. The summed E-state index contributed by atoms with van der Waals surface area (Å²) in [5, 5.41) is 13.6. The first kappa shape index (κ1) is 21.5. The van der Waals surface area contributed by atoms with E-state index in [1.807, 2.05) is 0 Å². The fraction of sp³-hybridized carbons (Fsp3) is 0.353. The van der Waals surface area contributed by atoms with Gasteiger partial charge in [-0.15, -0.1) is 11.3 Å². The monoisotopic (exact) mass is 459 g/mol. The van der Waals surface area contributed by atoms with Crippen LogP contribution in [-0.4, -0.2) is 43.2 Å². The molecule has 1 amide bonds. The average molecular weight is 460 g/mol. The molecule has 12 heteroatoms. The van der Waals surface area contributed by atoms with Gasteiger partial charge in [-0.2, -0.15) is 4.31 Å². The zero-order valence-corrected chi connectivity index (χ0v) is 17.7. The van der Waals surface area contributed by atoms with Crippen molar-refractivity contribution in [3.05, 3.63) is 44.8 Å². The van der Waals surface area contributed by atoms with Crippen molar-refractivity contribution in [2.75, 3.05) is 19.0 Å². The van der Waals surface area contributed by atoms with Crippen molar-refractivity contribution in [3.63, 3.8) is 0 Å². The van der Waals surface area contributed by atoms with Crippen molar-refractivity contribution in [1.29, 1.82) is 0 Å². The summed E-state index contributed by atoms with van der Waals surface area (Å²) in [5.74, 6) is -0.411. The summed E-state index contributed by atoms with van der Waals surface area (Å²) in [6.45, 7) is 0.216. The van der Waals surface area contributed by atoms with E-state index in [1.54, 1.807) is 0 Å². The fourth-order valence-electron chi connectivity index (χ4n) is 3.12. The number of nitrogens with one attached hydrogen (secondary N) is 1. The minimum absolute atomic E-state index is 0.0788. The van der Waals surface area contributed by atoms with E-state index in [9.17, 15) is 23.3 Å². The highest BCUT2D eigenvalue weighted by molar-refractivity contribution is 7.91. The lowest BCUT2D eigenvalue weighted by Crippen LogP contribution is -2.49. The van der Waals surface area contributed by atoms with Gasteiger partial charge in [0.05, 0.1) is 28.1 Å². The molecule has 3 rings (SSSR count). The topological polar surface area (TPSA) is 119 Å². The third kappa shape index (κ3) is 4.53. The Balaban J connectivity index is 1.86. The van der Waals surface area contributed by atoms with Crippen LogP contribution in [0.3, 0.4) is 0 Å². The highest BCUT2D eigenvalue weighted by atomic mass is 35.5. The number of hydrogen-bond acceptors (Lipinski definition) is 7. The third-order valence-corrected chi connectivity index (χ3v) is 8.13. The summed E-state index contributed by atoms with van der Waals surface area (Å²) in [6, 6.07) is 5.80. The Hall–Kier alpha value is -2.21. The molecular weight excluding hydrogens is 442 g/mol. The average Bonchev–Trinajstić information content (AvgIpc) is 3.15. The maximum atomic E-state index is 13.0. The number of benzene rings is 1. The summed E-state index contributed by atoms with van der Waals surface area (Å²) in [5.41, 5.74) is 0.0430. The number of rotatable bonds is 6. The maximum absolute atomic E-state index is 13.0. The summed E-state index contributed by atoms with van der Waals surface area (Å²) in [6.07, 6.45) is 1.70. The maximum Gasteiger partial charge on any atom is 0.273 e. The molecule has 156 valence electrons. The van der Waals surface area contributed by atoms with Crippen molar-refractivity contribution >= 4 is 50.2 Å². The summed E-state index contributed by atoms with van der Waals surface area (Å²) in [7, 11) is -2.55. The lowest BCUT2D eigenvalue weighted by atomic mass is 10.0. The number of piperidine rings is 1. The van der Waals surface area contributed by atoms with E-state index in [0.717, 1.165) is 11.3 Å². The van der Waals surface area contributed by atoms with Crippen LogP contribution in [0.5, 0.6) is 5.75 Å². The molecule has 1 aromatic heterocycles. The molecule has 0 radical (unpaired) electrons. The van der Waals surface area contributed by atoms with Gasteiger partial charge in [0.2, 0.25) is 5.91 Å². The molecule has 0 saturated carbocycles. The van der Waals surface area contributed by atoms with E-state index in [4.69, 9.17) is 16.3 Å². The number of amides is 1. The summed E-state index contributed by atoms with van der Waals surface area (Å²) in [4.78, 5) is 23.3. The Morgan fingerprint density at radius 1 is 1.34 bits per heavy atom. The molecule has 1 unspecified atom stereocenters. The Morgan fingerprint density at radius 3 is 2.72 bits per heavy atom. The van der Waals surface area contributed by atoms with E-state index >= 15 is 0 Å². The molecule has 29 heavy (non-hydrogen) atoms. The van der Waals surface area contributed by atoms with Crippen LogP contribution in [0.4, 0.5) is 11.4 Å². The zero-order chi connectivity index (χ0) is 21.2. The minimum atomic E-state index is -3.88. The normalized spacial score (nSPS) is 17.7. The highest BCUT2D eigenvalue weighted by Gasteiger charge is 2.38. The molecule has 2 heterocycles. The second kappa shape index (κ2) is 8.66. The number of thiophene rings is 1. The van der Waals surface area contributed by atoms with Crippen LogP contribution in [0.2, 0.25) is 4.34 Å². The van der Waals surface area contributed by atoms with Crippen LogP contribution in [0.1, 0.15) is 19.3 Å². The molecule has 1 atom stereocenters. The molecule has 1 aliphatic rings. The smallest absolute Gasteiger partial charge is 0.273 e. The fourth-order valence-corrected chi connectivity index (χ4v) is 6.39. The molecule has 1 aromatic carbocycles. The lowest BCUT2D eigenvalue weighted by molar-refractivity contribution is -0.384. The van der Waals surface area contributed by atoms with Gasteiger partial charge in [0, 0.05) is 12.6 Å². The number of nitro benzene ring substituents is 1. The first-order valence-electron chi connectivity index (χ1n) is 8.64. The van der Waals surface area contributed by atoms with Crippen LogP contribution < -0.4 is 10.1 Å². The number of hydrogen-bond donors (Lipinski definition) is 1. The van der Waals surface area contributed by atoms with Crippen LogP contribution in [0.15, 0.2) is 34.5 Å². The van der Waals surface area contributed by atoms with Crippen LogP contribution in [-0.2, 0) is 14.8 Å². The van der Waals surface area contributed by atoms with Crippen molar-refractivity contribution in [2.45, 2.75) is 29.5 Å². The minimum Gasteiger partial charge on any atom is -0.494 e. The number of methoxy groups -OCH3 is 1. The van der Waals surface area contributed by atoms with Crippen LogP contribution in [0.25, 0.3) is 0 Å². The Kier molecular flexibility index (Phi) is 6.42. The number of halogens is 1. The number of carbonyl (C=O) groups is 1. The summed E-state index contributed by atoms with van der Waals surface area (Å²) < 4.78 is 32.8. The largest absolute Gasteiger partial charge is 0.494 e. The zero-order valence-electron chi connectivity index (χ0n) is 15.3. The Labute approximate surface area is 176 Å². The molecule has 1 aliphatic heterocycles. The van der Waals surface area contributed by atoms with Crippen LogP contribution in [0, 0.1) is 10.1 Å². The number of carbonyl (C=O) groups excluding carboxylic acids is 1. The van der Waals surface area contributed by atoms with E-state index in [2.05, 4.69) is 5.32 Å². The van der Waals surface area contributed by atoms with Crippen molar-refractivity contribution in [3.8, 4) is 5.75 Å². The Bertz CT molecular complexity index is 1040. The number of nitrogens with zero attached hydrogens (tertiary/aromatic N) is 2. The molecule has 9 nitrogen and oxygen atoms in total. The van der Waals surface area contributed by atoms with Crippen molar-refractivity contribution in [1.82, 2.24) is 4.31 Å². The first-order valence-corrected chi connectivity index (χ1v) is 11.3. The van der Waals surface area contributed by atoms with Gasteiger partial charge in [-0.1, -0.05) is 18.0 Å². The Morgan fingerprint density at radius 2 is 2.10 bits per heavy atom. The predicted molar refractivity (Wildman–Crippen MR) is 109 cm³/mol. The van der Waals surface area contributed by atoms with Crippen molar-refractivity contribution < 1.29 is 22.9 Å². The molecule has 0 aliphatic carbocycles. The molecule has 1 saturated heterocycles.